The van der Waals surface area contributed by atoms with E-state index in [0.717, 1.165) is 25.3 Å². The van der Waals surface area contributed by atoms with Crippen LogP contribution in [0.5, 0.6) is 0 Å². The molecule has 1 aliphatic heterocycles. The number of aromatic nitrogens is 2. The van der Waals surface area contributed by atoms with Crippen molar-refractivity contribution in [2.24, 2.45) is 0 Å². The molecule has 0 aromatic carbocycles. The van der Waals surface area contributed by atoms with E-state index >= 15 is 0 Å². The van der Waals surface area contributed by atoms with Crippen LogP contribution >= 0.6 is 15.9 Å². The van der Waals surface area contributed by atoms with Crippen molar-refractivity contribution >= 4 is 15.9 Å². The van der Waals surface area contributed by atoms with Gasteiger partial charge in [-0.25, -0.2) is 0 Å². The Labute approximate surface area is 78.4 Å². The molecule has 4 nitrogen and oxygen atoms in total. The first kappa shape index (κ1) is 8.19. The van der Waals surface area contributed by atoms with Crippen molar-refractivity contribution in [3.63, 3.8) is 0 Å². The van der Waals surface area contributed by atoms with E-state index in [4.69, 9.17) is 9.26 Å². The van der Waals surface area contributed by atoms with Crippen LogP contribution in [0.4, 0.5) is 0 Å². The highest BCUT2D eigenvalue weighted by molar-refractivity contribution is 9.10. The summed E-state index contributed by atoms with van der Waals surface area (Å²) in [4.78, 5) is 4.54. The maximum atomic E-state index is 5.31. The Kier molecular flexibility index (Phi) is 2.41. The van der Waals surface area contributed by atoms with E-state index in [0.29, 0.717) is 17.3 Å². The van der Waals surface area contributed by atoms with Gasteiger partial charge in [0.25, 0.3) is 4.80 Å². The Morgan fingerprint density at radius 1 is 1.50 bits per heavy atom. The average molecular weight is 233 g/mol. The second-order valence-corrected chi connectivity index (χ2v) is 3.50. The van der Waals surface area contributed by atoms with E-state index in [9.17, 15) is 0 Å². The van der Waals surface area contributed by atoms with Gasteiger partial charge in [0.05, 0.1) is 6.61 Å². The van der Waals surface area contributed by atoms with E-state index in [2.05, 4.69) is 26.1 Å². The van der Waals surface area contributed by atoms with Gasteiger partial charge < -0.3 is 9.26 Å². The molecule has 0 radical (unpaired) electrons. The van der Waals surface area contributed by atoms with Gasteiger partial charge in [0.1, 0.15) is 0 Å². The number of nitrogens with zero attached hydrogens (tertiary/aromatic N) is 2. The standard InChI is InChI=1S/C7H9BrN2O2/c8-7-9-6(10-12-7)5-2-1-3-11-4-5/h5H,1-4H2. The molecule has 1 fully saturated rings. The lowest BCUT2D eigenvalue weighted by Gasteiger charge is -2.18. The maximum absolute atomic E-state index is 5.31. The summed E-state index contributed by atoms with van der Waals surface area (Å²) in [5.74, 6) is 1.07. The molecule has 0 amide bonds. The molecule has 66 valence electrons. The largest absolute Gasteiger partial charge is 0.381 e. The van der Waals surface area contributed by atoms with Gasteiger partial charge in [-0.15, -0.1) is 0 Å². The molecule has 1 atom stereocenters. The van der Waals surface area contributed by atoms with Crippen molar-refractivity contribution in [3.05, 3.63) is 10.6 Å². The molecule has 5 heteroatoms. The zero-order valence-electron chi connectivity index (χ0n) is 6.49. The molecular weight excluding hydrogens is 224 g/mol. The van der Waals surface area contributed by atoms with Crippen molar-refractivity contribution in [1.82, 2.24) is 10.1 Å². The fourth-order valence-electron chi connectivity index (χ4n) is 1.33. The predicted octanol–water partition coefficient (Wildman–Crippen LogP) is 1.73. The van der Waals surface area contributed by atoms with Crippen molar-refractivity contribution < 1.29 is 9.26 Å². The fourth-order valence-corrected chi connectivity index (χ4v) is 1.58. The molecule has 0 bridgehead atoms. The van der Waals surface area contributed by atoms with Crippen LogP contribution in [0.1, 0.15) is 24.6 Å². The highest BCUT2D eigenvalue weighted by atomic mass is 79.9. The lowest BCUT2D eigenvalue weighted by Crippen LogP contribution is -2.16. The summed E-state index contributed by atoms with van der Waals surface area (Å²) >= 11 is 3.12. The van der Waals surface area contributed by atoms with Crippen molar-refractivity contribution in [2.75, 3.05) is 13.2 Å². The maximum Gasteiger partial charge on any atom is 0.293 e. The molecule has 0 N–H and O–H groups in total. The Morgan fingerprint density at radius 3 is 3.00 bits per heavy atom. The van der Waals surface area contributed by atoms with Gasteiger partial charge in [-0.2, -0.15) is 4.98 Å². The van der Waals surface area contributed by atoms with Crippen LogP contribution < -0.4 is 0 Å². The SMILES string of the molecule is Brc1nc(C2CCCOC2)no1. The zero-order valence-corrected chi connectivity index (χ0v) is 8.08. The van der Waals surface area contributed by atoms with Crippen LogP contribution in [-0.4, -0.2) is 23.4 Å². The first-order valence-corrected chi connectivity index (χ1v) is 4.72. The second-order valence-electron chi connectivity index (χ2n) is 2.82. The molecule has 1 aromatic heterocycles. The van der Waals surface area contributed by atoms with Crippen LogP contribution in [-0.2, 0) is 4.74 Å². The normalized spacial score (nSPS) is 24.2. The van der Waals surface area contributed by atoms with E-state index in [1.54, 1.807) is 0 Å². The van der Waals surface area contributed by atoms with E-state index in [1.807, 2.05) is 0 Å². The number of hydrogen-bond acceptors (Lipinski definition) is 4. The third kappa shape index (κ3) is 1.67. The summed E-state index contributed by atoms with van der Waals surface area (Å²) in [7, 11) is 0. The number of rotatable bonds is 1. The smallest absolute Gasteiger partial charge is 0.293 e. The molecule has 2 heterocycles. The minimum Gasteiger partial charge on any atom is -0.381 e. The molecule has 2 rings (SSSR count). The van der Waals surface area contributed by atoms with Crippen LogP contribution in [0, 0.1) is 0 Å². The Hall–Kier alpha value is -0.420. The number of hydrogen-bond donors (Lipinski definition) is 0. The molecule has 0 saturated carbocycles. The molecule has 1 aliphatic rings. The summed E-state index contributed by atoms with van der Waals surface area (Å²) in [5.41, 5.74) is 0. The molecule has 0 aliphatic carbocycles. The minimum atomic E-state index is 0.314. The molecule has 1 aromatic rings. The van der Waals surface area contributed by atoms with Crippen LogP contribution in [0.3, 0.4) is 0 Å². The quantitative estimate of drug-likeness (QED) is 0.740. The molecule has 0 spiro atoms. The fraction of sp³-hybridized carbons (Fsp3) is 0.714. The monoisotopic (exact) mass is 232 g/mol. The van der Waals surface area contributed by atoms with Gasteiger partial charge in [0.15, 0.2) is 5.82 Å². The van der Waals surface area contributed by atoms with E-state index in [-0.39, 0.29) is 0 Å². The Balaban J connectivity index is 2.08. The van der Waals surface area contributed by atoms with E-state index < -0.39 is 0 Å². The minimum absolute atomic E-state index is 0.314. The first-order valence-electron chi connectivity index (χ1n) is 3.93. The number of halogens is 1. The zero-order chi connectivity index (χ0) is 8.39. The summed E-state index contributed by atoms with van der Waals surface area (Å²) in [6.45, 7) is 1.57. The van der Waals surface area contributed by atoms with Crippen LogP contribution in [0.15, 0.2) is 9.32 Å². The van der Waals surface area contributed by atoms with Gasteiger partial charge in [-0.3, -0.25) is 0 Å². The topological polar surface area (TPSA) is 48.2 Å². The second kappa shape index (κ2) is 3.53. The summed E-state index contributed by atoms with van der Waals surface area (Å²) in [6, 6.07) is 0. The van der Waals surface area contributed by atoms with Gasteiger partial charge in [0, 0.05) is 28.5 Å². The predicted molar refractivity (Wildman–Crippen MR) is 44.8 cm³/mol. The van der Waals surface area contributed by atoms with Crippen molar-refractivity contribution in [1.29, 1.82) is 0 Å². The number of ether oxygens (including phenoxy) is 1. The van der Waals surface area contributed by atoms with Crippen molar-refractivity contribution in [3.8, 4) is 0 Å². The third-order valence-electron chi connectivity index (χ3n) is 1.94. The van der Waals surface area contributed by atoms with Gasteiger partial charge in [-0.05, 0) is 12.8 Å². The third-order valence-corrected chi connectivity index (χ3v) is 2.26. The Morgan fingerprint density at radius 2 is 2.42 bits per heavy atom. The highest BCUT2D eigenvalue weighted by Crippen LogP contribution is 2.23. The highest BCUT2D eigenvalue weighted by Gasteiger charge is 2.20. The van der Waals surface area contributed by atoms with Crippen LogP contribution in [0.2, 0.25) is 0 Å². The Bertz CT molecular complexity index is 258. The molecule has 1 saturated heterocycles. The van der Waals surface area contributed by atoms with Gasteiger partial charge >= 0.3 is 0 Å². The summed E-state index contributed by atoms with van der Waals surface area (Å²) in [5, 5.41) is 3.83. The van der Waals surface area contributed by atoms with Crippen LogP contribution in [0.25, 0.3) is 0 Å². The lowest BCUT2D eigenvalue weighted by molar-refractivity contribution is 0.0773. The van der Waals surface area contributed by atoms with Gasteiger partial charge in [0.2, 0.25) is 0 Å². The molecular formula is C7H9BrN2O2. The van der Waals surface area contributed by atoms with Gasteiger partial charge in [-0.1, -0.05) is 5.16 Å². The average Bonchev–Trinajstić information content (AvgIpc) is 2.54. The summed E-state index contributed by atoms with van der Waals surface area (Å²) < 4.78 is 10.1. The van der Waals surface area contributed by atoms with Crippen molar-refractivity contribution in [2.45, 2.75) is 18.8 Å². The molecule has 12 heavy (non-hydrogen) atoms. The summed E-state index contributed by atoms with van der Waals surface area (Å²) in [6.07, 6.45) is 2.17. The first-order chi connectivity index (χ1) is 5.86. The lowest BCUT2D eigenvalue weighted by atomic mass is 10.0. The van der Waals surface area contributed by atoms with E-state index in [1.165, 1.54) is 0 Å². The molecule has 1 unspecified atom stereocenters.